The van der Waals surface area contributed by atoms with Gasteiger partial charge in [-0.1, -0.05) is 29.3 Å². The summed E-state index contributed by atoms with van der Waals surface area (Å²) in [7, 11) is 4.08. The Morgan fingerprint density at radius 1 is 1.38 bits per heavy atom. The number of guanidine groups is 1. The van der Waals surface area contributed by atoms with E-state index in [9.17, 15) is 0 Å². The summed E-state index contributed by atoms with van der Waals surface area (Å²) in [6.07, 6.45) is 0.975. The second-order valence-corrected chi connectivity index (χ2v) is 6.77. The van der Waals surface area contributed by atoms with Crippen molar-refractivity contribution in [3.8, 4) is 0 Å². The van der Waals surface area contributed by atoms with Gasteiger partial charge in [0.1, 0.15) is 0 Å². The van der Waals surface area contributed by atoms with Crippen LogP contribution >= 0.6 is 23.2 Å². The second kappa shape index (κ2) is 10.8. The largest absolute Gasteiger partial charge is 0.377 e. The number of nitrogens with zero attached hydrogens (tertiary/aromatic N) is 2. The molecule has 0 aliphatic rings. The summed E-state index contributed by atoms with van der Waals surface area (Å²) >= 11 is 12.1. The van der Waals surface area contributed by atoms with Crippen molar-refractivity contribution < 1.29 is 4.74 Å². The van der Waals surface area contributed by atoms with Gasteiger partial charge in [0.15, 0.2) is 5.96 Å². The van der Waals surface area contributed by atoms with Crippen LogP contribution in [0.3, 0.4) is 0 Å². The number of benzene rings is 1. The van der Waals surface area contributed by atoms with E-state index in [0.717, 1.165) is 18.5 Å². The summed E-state index contributed by atoms with van der Waals surface area (Å²) in [6, 6.07) is 5.35. The van der Waals surface area contributed by atoms with E-state index in [1.807, 2.05) is 34.0 Å². The molecule has 5 nitrogen and oxygen atoms in total. The van der Waals surface area contributed by atoms with Crippen LogP contribution in [-0.2, 0) is 4.74 Å². The fourth-order valence-electron chi connectivity index (χ4n) is 2.26. The van der Waals surface area contributed by atoms with Gasteiger partial charge >= 0.3 is 0 Å². The molecule has 0 saturated heterocycles. The maximum absolute atomic E-state index is 6.22. The lowest BCUT2D eigenvalue weighted by Gasteiger charge is -2.19. The molecule has 0 bridgehead atoms. The van der Waals surface area contributed by atoms with Crippen molar-refractivity contribution in [2.75, 3.05) is 33.8 Å². The van der Waals surface area contributed by atoms with E-state index in [4.69, 9.17) is 33.7 Å². The first kappa shape index (κ1) is 21.0. The summed E-state index contributed by atoms with van der Waals surface area (Å²) in [5.74, 6) is 0.378. The molecule has 136 valence electrons. The molecular formula is C17H28Cl2N4O. The lowest BCUT2D eigenvalue weighted by Crippen LogP contribution is -2.35. The van der Waals surface area contributed by atoms with Crippen LogP contribution in [0.25, 0.3) is 0 Å². The molecule has 0 aliphatic heterocycles. The van der Waals surface area contributed by atoms with Crippen molar-refractivity contribution in [1.82, 2.24) is 10.2 Å². The third-order valence-electron chi connectivity index (χ3n) is 3.56. The van der Waals surface area contributed by atoms with Crippen LogP contribution in [0, 0.1) is 0 Å². The average Bonchev–Trinajstić information content (AvgIpc) is 2.49. The van der Waals surface area contributed by atoms with Crippen LogP contribution < -0.4 is 11.1 Å². The summed E-state index contributed by atoms with van der Waals surface area (Å²) in [6.45, 7) is 6.10. The molecule has 1 rings (SSSR count). The van der Waals surface area contributed by atoms with Crippen molar-refractivity contribution >= 4 is 29.2 Å². The predicted octanol–water partition coefficient (Wildman–Crippen LogP) is 3.32. The summed E-state index contributed by atoms with van der Waals surface area (Å²) in [5, 5.41) is 4.37. The van der Waals surface area contributed by atoms with E-state index >= 15 is 0 Å². The van der Waals surface area contributed by atoms with Gasteiger partial charge in [0.25, 0.3) is 0 Å². The van der Waals surface area contributed by atoms with E-state index < -0.39 is 0 Å². The Labute approximate surface area is 155 Å². The fourth-order valence-corrected chi connectivity index (χ4v) is 2.84. The van der Waals surface area contributed by atoms with E-state index in [2.05, 4.69) is 15.2 Å². The number of ether oxygens (including phenoxy) is 1. The SMILES string of the molecule is CCOC(CCN(C)C)CN=C(N)NC(C)c1ccc(Cl)cc1Cl. The van der Waals surface area contributed by atoms with Gasteiger partial charge in [-0.3, -0.25) is 4.99 Å². The van der Waals surface area contributed by atoms with Crippen molar-refractivity contribution in [2.45, 2.75) is 32.4 Å². The molecule has 2 unspecified atom stereocenters. The molecule has 1 aromatic rings. The van der Waals surface area contributed by atoms with Gasteiger partial charge in [-0.25, -0.2) is 0 Å². The zero-order valence-electron chi connectivity index (χ0n) is 14.9. The summed E-state index contributed by atoms with van der Waals surface area (Å²) < 4.78 is 5.71. The molecule has 0 amide bonds. The van der Waals surface area contributed by atoms with E-state index in [1.54, 1.807) is 12.1 Å². The monoisotopic (exact) mass is 374 g/mol. The Morgan fingerprint density at radius 2 is 2.08 bits per heavy atom. The minimum absolute atomic E-state index is 0.0622. The lowest BCUT2D eigenvalue weighted by atomic mass is 10.1. The summed E-state index contributed by atoms with van der Waals surface area (Å²) in [5.41, 5.74) is 6.92. The van der Waals surface area contributed by atoms with Crippen molar-refractivity contribution in [3.63, 3.8) is 0 Å². The van der Waals surface area contributed by atoms with E-state index in [-0.39, 0.29) is 12.1 Å². The third kappa shape index (κ3) is 7.71. The highest BCUT2D eigenvalue weighted by molar-refractivity contribution is 6.35. The molecule has 24 heavy (non-hydrogen) atoms. The maximum atomic E-state index is 6.22. The fraction of sp³-hybridized carbons (Fsp3) is 0.588. The van der Waals surface area contributed by atoms with Crippen LogP contribution in [0.2, 0.25) is 10.0 Å². The standard InChI is InChI=1S/C17H28Cl2N4O/c1-5-24-14(8-9-23(3)4)11-21-17(20)22-12(2)15-7-6-13(18)10-16(15)19/h6-7,10,12,14H,5,8-9,11H2,1-4H3,(H3,20,21,22). The molecule has 0 aliphatic carbocycles. The Bertz CT molecular complexity index is 537. The van der Waals surface area contributed by atoms with Crippen LogP contribution in [0.1, 0.15) is 31.9 Å². The van der Waals surface area contributed by atoms with Crippen molar-refractivity contribution in [2.24, 2.45) is 10.7 Å². The van der Waals surface area contributed by atoms with Crippen LogP contribution in [0.15, 0.2) is 23.2 Å². The maximum Gasteiger partial charge on any atom is 0.189 e. The topological polar surface area (TPSA) is 62.9 Å². The van der Waals surface area contributed by atoms with E-state index in [1.165, 1.54) is 0 Å². The Morgan fingerprint density at radius 3 is 2.67 bits per heavy atom. The van der Waals surface area contributed by atoms with Gasteiger partial charge in [-0.2, -0.15) is 0 Å². The Hall–Kier alpha value is -1.01. The number of rotatable bonds is 9. The van der Waals surface area contributed by atoms with Gasteiger partial charge in [0.05, 0.1) is 18.7 Å². The van der Waals surface area contributed by atoms with Crippen LogP contribution in [0.5, 0.6) is 0 Å². The molecule has 7 heteroatoms. The van der Waals surface area contributed by atoms with Gasteiger partial charge in [-0.15, -0.1) is 0 Å². The first-order chi connectivity index (χ1) is 11.3. The van der Waals surface area contributed by atoms with Crippen molar-refractivity contribution in [3.05, 3.63) is 33.8 Å². The highest BCUT2D eigenvalue weighted by Gasteiger charge is 2.12. The van der Waals surface area contributed by atoms with Gasteiger partial charge in [0, 0.05) is 23.2 Å². The molecule has 0 fully saturated rings. The van der Waals surface area contributed by atoms with Crippen LogP contribution in [0.4, 0.5) is 0 Å². The molecule has 2 atom stereocenters. The van der Waals surface area contributed by atoms with E-state index in [0.29, 0.717) is 29.2 Å². The van der Waals surface area contributed by atoms with Gasteiger partial charge in [-0.05, 0) is 52.1 Å². The highest BCUT2D eigenvalue weighted by Crippen LogP contribution is 2.25. The highest BCUT2D eigenvalue weighted by atomic mass is 35.5. The molecule has 3 N–H and O–H groups in total. The number of aliphatic imine (C=N–C) groups is 1. The number of halogens is 2. The molecular weight excluding hydrogens is 347 g/mol. The van der Waals surface area contributed by atoms with Crippen LogP contribution in [-0.4, -0.2) is 50.8 Å². The molecule has 0 heterocycles. The second-order valence-electron chi connectivity index (χ2n) is 5.93. The number of hydrogen-bond acceptors (Lipinski definition) is 3. The number of hydrogen-bond donors (Lipinski definition) is 2. The predicted molar refractivity (Wildman–Crippen MR) is 103 cm³/mol. The number of nitrogens with one attached hydrogen (secondary N) is 1. The zero-order chi connectivity index (χ0) is 18.1. The van der Waals surface area contributed by atoms with Gasteiger partial charge < -0.3 is 20.7 Å². The smallest absolute Gasteiger partial charge is 0.189 e. The average molecular weight is 375 g/mol. The van der Waals surface area contributed by atoms with Gasteiger partial charge in [0.2, 0.25) is 0 Å². The minimum atomic E-state index is -0.0640. The normalized spacial score (nSPS) is 14.7. The molecule has 0 saturated carbocycles. The third-order valence-corrected chi connectivity index (χ3v) is 4.12. The molecule has 1 aromatic carbocycles. The lowest BCUT2D eigenvalue weighted by molar-refractivity contribution is 0.0582. The molecule has 0 aromatic heterocycles. The Balaban J connectivity index is 2.60. The first-order valence-corrected chi connectivity index (χ1v) is 8.86. The zero-order valence-corrected chi connectivity index (χ0v) is 16.4. The minimum Gasteiger partial charge on any atom is -0.377 e. The number of nitrogens with two attached hydrogens (primary N) is 1. The first-order valence-electron chi connectivity index (χ1n) is 8.11. The molecule has 0 spiro atoms. The Kier molecular flexibility index (Phi) is 9.44. The molecule has 0 radical (unpaired) electrons. The summed E-state index contributed by atoms with van der Waals surface area (Å²) in [4.78, 5) is 6.53. The quantitative estimate of drug-likeness (QED) is 0.514. The van der Waals surface area contributed by atoms with Crippen molar-refractivity contribution in [1.29, 1.82) is 0 Å².